The molecule has 1 aromatic heterocycles. The van der Waals surface area contributed by atoms with Crippen molar-refractivity contribution in [1.29, 1.82) is 0 Å². The fraction of sp³-hybridized carbons (Fsp3) is 0.200. The predicted octanol–water partition coefficient (Wildman–Crippen LogP) is 3.43. The standard InChI is InChI=1S/C20H20N2O3/c1-24-14-17-8-5-9-18(12-17)20(23)25-15-19-21-10-11-22(19)13-16-6-3-2-4-7-16/h2-12H,13-15H2,1H3. The van der Waals surface area contributed by atoms with E-state index in [0.29, 0.717) is 24.5 Å². The van der Waals surface area contributed by atoms with Crippen LogP contribution in [0, 0.1) is 0 Å². The van der Waals surface area contributed by atoms with Gasteiger partial charge in [-0.25, -0.2) is 9.78 Å². The van der Waals surface area contributed by atoms with Gasteiger partial charge in [0.05, 0.1) is 12.2 Å². The Hall–Kier alpha value is -2.92. The largest absolute Gasteiger partial charge is 0.454 e. The molecule has 5 heteroatoms. The van der Waals surface area contributed by atoms with Crippen LogP contribution in [0.4, 0.5) is 0 Å². The van der Waals surface area contributed by atoms with Crippen molar-refractivity contribution in [3.05, 3.63) is 89.5 Å². The average Bonchev–Trinajstić information content (AvgIpc) is 3.08. The van der Waals surface area contributed by atoms with E-state index < -0.39 is 0 Å². The number of methoxy groups -OCH3 is 1. The molecule has 0 N–H and O–H groups in total. The van der Waals surface area contributed by atoms with Gasteiger partial charge in [0.25, 0.3) is 0 Å². The Morgan fingerprint density at radius 1 is 1.04 bits per heavy atom. The molecule has 128 valence electrons. The number of hydrogen-bond donors (Lipinski definition) is 0. The third-order valence-electron chi connectivity index (χ3n) is 3.80. The second-order valence-corrected chi connectivity index (χ2v) is 5.67. The molecule has 0 amide bonds. The highest BCUT2D eigenvalue weighted by molar-refractivity contribution is 5.89. The normalized spacial score (nSPS) is 10.6. The van der Waals surface area contributed by atoms with Gasteiger partial charge in [-0.05, 0) is 23.3 Å². The highest BCUT2D eigenvalue weighted by atomic mass is 16.5. The van der Waals surface area contributed by atoms with Gasteiger partial charge in [0.1, 0.15) is 12.4 Å². The molecule has 0 bridgehead atoms. The predicted molar refractivity (Wildman–Crippen MR) is 94.0 cm³/mol. The zero-order valence-electron chi connectivity index (χ0n) is 14.1. The van der Waals surface area contributed by atoms with E-state index in [4.69, 9.17) is 9.47 Å². The van der Waals surface area contributed by atoms with Crippen molar-refractivity contribution in [2.24, 2.45) is 0 Å². The maximum Gasteiger partial charge on any atom is 0.338 e. The smallest absolute Gasteiger partial charge is 0.338 e. The Morgan fingerprint density at radius 2 is 1.84 bits per heavy atom. The summed E-state index contributed by atoms with van der Waals surface area (Å²) in [5.41, 5.74) is 2.61. The van der Waals surface area contributed by atoms with Crippen molar-refractivity contribution in [3.63, 3.8) is 0 Å². The quantitative estimate of drug-likeness (QED) is 0.620. The molecule has 2 aromatic carbocycles. The first-order chi connectivity index (χ1) is 12.3. The molecule has 0 saturated heterocycles. The van der Waals surface area contributed by atoms with E-state index in [0.717, 1.165) is 5.56 Å². The minimum atomic E-state index is -0.368. The molecule has 0 unspecified atom stereocenters. The van der Waals surface area contributed by atoms with E-state index in [-0.39, 0.29) is 12.6 Å². The van der Waals surface area contributed by atoms with Gasteiger partial charge >= 0.3 is 5.97 Å². The summed E-state index contributed by atoms with van der Waals surface area (Å²) in [6.45, 7) is 1.28. The zero-order valence-corrected chi connectivity index (χ0v) is 14.1. The van der Waals surface area contributed by atoms with Crippen molar-refractivity contribution in [3.8, 4) is 0 Å². The van der Waals surface area contributed by atoms with Crippen LogP contribution in [0.15, 0.2) is 67.0 Å². The molecule has 25 heavy (non-hydrogen) atoms. The van der Waals surface area contributed by atoms with Crippen LogP contribution in [0.3, 0.4) is 0 Å². The lowest BCUT2D eigenvalue weighted by atomic mass is 10.1. The Kier molecular flexibility index (Phi) is 5.59. The van der Waals surface area contributed by atoms with Gasteiger partial charge in [0.15, 0.2) is 0 Å². The number of carbonyl (C=O) groups is 1. The summed E-state index contributed by atoms with van der Waals surface area (Å²) in [4.78, 5) is 16.6. The summed E-state index contributed by atoms with van der Waals surface area (Å²) in [6, 6.07) is 17.3. The third-order valence-corrected chi connectivity index (χ3v) is 3.80. The molecule has 3 aromatic rings. The molecule has 0 aliphatic rings. The first kappa shape index (κ1) is 16.9. The van der Waals surface area contributed by atoms with E-state index in [9.17, 15) is 4.79 Å². The minimum Gasteiger partial charge on any atom is -0.454 e. The summed E-state index contributed by atoms with van der Waals surface area (Å²) >= 11 is 0. The Labute approximate surface area is 146 Å². The molecular weight excluding hydrogens is 316 g/mol. The van der Waals surface area contributed by atoms with Crippen LogP contribution < -0.4 is 0 Å². The fourth-order valence-corrected chi connectivity index (χ4v) is 2.57. The van der Waals surface area contributed by atoms with E-state index >= 15 is 0 Å². The Balaban J connectivity index is 1.63. The number of ether oxygens (including phenoxy) is 2. The molecule has 0 saturated carbocycles. The Morgan fingerprint density at radius 3 is 2.64 bits per heavy atom. The second kappa shape index (κ2) is 8.26. The lowest BCUT2D eigenvalue weighted by Gasteiger charge is -2.09. The van der Waals surface area contributed by atoms with Crippen molar-refractivity contribution < 1.29 is 14.3 Å². The molecule has 0 aliphatic carbocycles. The Bertz CT molecular complexity index is 828. The van der Waals surface area contributed by atoms with Crippen LogP contribution in [-0.2, 0) is 29.2 Å². The van der Waals surface area contributed by atoms with Gasteiger partial charge in [-0.2, -0.15) is 0 Å². The molecule has 0 atom stereocenters. The van der Waals surface area contributed by atoms with Crippen LogP contribution in [0.25, 0.3) is 0 Å². The lowest BCUT2D eigenvalue weighted by molar-refractivity contribution is 0.0458. The van der Waals surface area contributed by atoms with E-state index in [1.54, 1.807) is 25.4 Å². The third kappa shape index (κ3) is 4.55. The molecular formula is C20H20N2O3. The molecule has 0 fully saturated rings. The first-order valence-corrected chi connectivity index (χ1v) is 8.05. The van der Waals surface area contributed by atoms with E-state index in [2.05, 4.69) is 17.1 Å². The van der Waals surface area contributed by atoms with Gasteiger partial charge in [0.2, 0.25) is 0 Å². The number of nitrogens with zero attached hydrogens (tertiary/aromatic N) is 2. The van der Waals surface area contributed by atoms with Gasteiger partial charge in [-0.15, -0.1) is 0 Å². The van der Waals surface area contributed by atoms with Crippen molar-refractivity contribution in [1.82, 2.24) is 9.55 Å². The fourth-order valence-electron chi connectivity index (χ4n) is 2.57. The molecule has 1 heterocycles. The number of carbonyl (C=O) groups excluding carboxylic acids is 1. The SMILES string of the molecule is COCc1cccc(C(=O)OCc2nccn2Cc2ccccc2)c1. The molecule has 0 aliphatic heterocycles. The van der Waals surface area contributed by atoms with Crippen LogP contribution in [-0.4, -0.2) is 22.6 Å². The monoisotopic (exact) mass is 336 g/mol. The van der Waals surface area contributed by atoms with Gasteiger partial charge < -0.3 is 14.0 Å². The van der Waals surface area contributed by atoms with Crippen molar-refractivity contribution >= 4 is 5.97 Å². The first-order valence-electron chi connectivity index (χ1n) is 8.05. The second-order valence-electron chi connectivity index (χ2n) is 5.67. The van der Waals surface area contributed by atoms with Crippen LogP contribution in [0.2, 0.25) is 0 Å². The number of aromatic nitrogens is 2. The summed E-state index contributed by atoms with van der Waals surface area (Å²) < 4.78 is 12.5. The number of benzene rings is 2. The summed E-state index contributed by atoms with van der Waals surface area (Å²) in [5, 5.41) is 0. The number of rotatable bonds is 7. The summed E-state index contributed by atoms with van der Waals surface area (Å²) in [5.74, 6) is 0.345. The molecule has 5 nitrogen and oxygen atoms in total. The van der Waals surface area contributed by atoms with Crippen molar-refractivity contribution in [2.45, 2.75) is 19.8 Å². The van der Waals surface area contributed by atoms with Gasteiger partial charge in [-0.1, -0.05) is 42.5 Å². The highest BCUT2D eigenvalue weighted by Crippen LogP contribution is 2.11. The zero-order chi connectivity index (χ0) is 17.5. The molecule has 0 spiro atoms. The van der Waals surface area contributed by atoms with Gasteiger partial charge in [0, 0.05) is 26.0 Å². The summed E-state index contributed by atoms with van der Waals surface area (Å²) in [6.07, 6.45) is 3.60. The van der Waals surface area contributed by atoms with Crippen LogP contribution >= 0.6 is 0 Å². The maximum absolute atomic E-state index is 12.3. The van der Waals surface area contributed by atoms with E-state index in [1.807, 2.05) is 41.1 Å². The highest BCUT2D eigenvalue weighted by Gasteiger charge is 2.11. The van der Waals surface area contributed by atoms with Crippen LogP contribution in [0.5, 0.6) is 0 Å². The van der Waals surface area contributed by atoms with Gasteiger partial charge in [-0.3, -0.25) is 0 Å². The molecule has 3 rings (SSSR count). The minimum absolute atomic E-state index is 0.132. The molecule has 0 radical (unpaired) electrons. The van der Waals surface area contributed by atoms with Crippen LogP contribution in [0.1, 0.15) is 27.3 Å². The number of imidazole rings is 1. The number of hydrogen-bond acceptors (Lipinski definition) is 4. The summed E-state index contributed by atoms with van der Waals surface area (Å²) in [7, 11) is 1.62. The lowest BCUT2D eigenvalue weighted by Crippen LogP contribution is -2.10. The number of esters is 1. The maximum atomic E-state index is 12.3. The topological polar surface area (TPSA) is 53.4 Å². The average molecular weight is 336 g/mol. The van der Waals surface area contributed by atoms with Crippen molar-refractivity contribution in [2.75, 3.05) is 7.11 Å². The van der Waals surface area contributed by atoms with E-state index in [1.165, 1.54) is 5.56 Å².